The van der Waals surface area contributed by atoms with Crippen molar-refractivity contribution >= 4 is 111 Å². The largest absolute Gasteiger partial charge is 0.365 e. The summed E-state index contributed by atoms with van der Waals surface area (Å²) in [5, 5.41) is 36.5. The molecule has 0 saturated carbocycles. The molecule has 3 aromatic rings. The Morgan fingerprint density at radius 1 is 1.04 bits per heavy atom. The number of amidine groups is 1. The number of carbonyl (C=O) groups is 2. The van der Waals surface area contributed by atoms with Crippen LogP contribution in [0.4, 0.5) is 5.13 Å². The van der Waals surface area contributed by atoms with Gasteiger partial charge < -0.3 is 44.0 Å². The van der Waals surface area contributed by atoms with E-state index in [9.17, 15) is 9.59 Å². The second kappa shape index (κ2) is 35.4. The number of anilines is 1. The van der Waals surface area contributed by atoms with Crippen molar-refractivity contribution in [3.63, 3.8) is 0 Å². The Balaban J connectivity index is -0.000000184. The summed E-state index contributed by atoms with van der Waals surface area (Å²) in [6.45, 7) is 6.77. The second-order valence-electron chi connectivity index (χ2n) is 7.39. The predicted octanol–water partition coefficient (Wildman–Crippen LogP) is 5.92. The van der Waals surface area contributed by atoms with Crippen molar-refractivity contribution in [3.8, 4) is 12.1 Å². The summed E-state index contributed by atoms with van der Waals surface area (Å²) in [5.74, 6) is 0.112. The Bertz CT molecular complexity index is 1360. The molecule has 0 aliphatic rings. The molecule has 0 saturated heterocycles. The van der Waals surface area contributed by atoms with Crippen LogP contribution in [-0.2, 0) is 70.2 Å². The van der Waals surface area contributed by atoms with Crippen molar-refractivity contribution in [1.82, 2.24) is 26.3 Å². The third-order valence-electron chi connectivity index (χ3n) is 4.57. The van der Waals surface area contributed by atoms with Gasteiger partial charge in [-0.15, -0.1) is 22.7 Å². The Labute approximate surface area is 369 Å². The van der Waals surface area contributed by atoms with Crippen LogP contribution in [0.2, 0.25) is 0 Å². The molecule has 3 heterocycles. The average Bonchev–Trinajstić information content (AvgIpc) is 3.84. The Morgan fingerprint density at radius 2 is 1.51 bits per heavy atom. The number of nitrogens with one attached hydrogen (secondary N) is 5. The van der Waals surface area contributed by atoms with Crippen LogP contribution in [0.25, 0.3) is 0 Å². The minimum atomic E-state index is -0.618. The molecule has 20 heteroatoms. The molecule has 0 aromatic carbocycles. The van der Waals surface area contributed by atoms with E-state index in [-0.39, 0.29) is 78.8 Å². The molecule has 2 atom stereocenters. The van der Waals surface area contributed by atoms with E-state index in [1.54, 1.807) is 34.1 Å². The first kappa shape index (κ1) is 56.0. The minimum Gasteiger partial charge on any atom is -0.365 e. The van der Waals surface area contributed by atoms with E-state index in [0.717, 1.165) is 15.6 Å². The molecule has 2 amide bonds. The smallest absolute Gasteiger partial charge is 0.264 e. The van der Waals surface area contributed by atoms with Crippen LogP contribution in [0, 0.1) is 36.5 Å². The molecule has 12 nitrogen and oxygen atoms in total. The van der Waals surface area contributed by atoms with E-state index >= 15 is 0 Å². The van der Waals surface area contributed by atoms with Gasteiger partial charge in [-0.3, -0.25) is 9.79 Å². The summed E-state index contributed by atoms with van der Waals surface area (Å²) in [6.07, 6.45) is 0. The van der Waals surface area contributed by atoms with Gasteiger partial charge >= 0.3 is 0 Å². The summed E-state index contributed by atoms with van der Waals surface area (Å²) in [4.78, 5) is 32.9. The molecular formula is C27H39I2N10O2S4Y2-. The zero-order chi connectivity index (χ0) is 34.1. The normalized spacial score (nSPS) is 9.98. The molecule has 0 bridgehead atoms. The summed E-state index contributed by atoms with van der Waals surface area (Å²) >= 11 is 13.2. The first-order valence-corrected chi connectivity index (χ1v) is 21.5. The van der Waals surface area contributed by atoms with Gasteiger partial charge in [-0.2, -0.15) is 10.5 Å². The van der Waals surface area contributed by atoms with Crippen molar-refractivity contribution in [1.29, 1.82) is 10.5 Å². The van der Waals surface area contributed by atoms with Crippen LogP contribution in [-0.4, -0.2) is 55.9 Å². The molecule has 0 aliphatic carbocycles. The van der Waals surface area contributed by atoms with Crippen molar-refractivity contribution in [2.45, 2.75) is 33.4 Å². The number of rotatable bonds is 6. The first-order chi connectivity index (χ1) is 21.1. The molecule has 47 heavy (non-hydrogen) atoms. The van der Waals surface area contributed by atoms with Gasteiger partial charge in [0, 0.05) is 134 Å². The van der Waals surface area contributed by atoms with Crippen LogP contribution < -0.4 is 32.3 Å². The van der Waals surface area contributed by atoms with E-state index in [1.165, 1.54) is 41.1 Å². The fourth-order valence-corrected chi connectivity index (χ4v) is 5.01. The van der Waals surface area contributed by atoms with E-state index < -0.39 is 18.0 Å². The standard InChI is InChI=1S/C12H12N4OS2.C8H7N2OS.C5H11N3S.CH5N.CH4.I2.2Y/c1-7-10(19-12(14-2)15-7)11(17)16-8(6-13)9-4-3-5-18-9;1-6(11)10-7(5-9)8-3-2-4-12-8;1-4(6-2)8-5(9)7-3;1-2;;1-2;;/h3-5,8H,1-2H3,(H,14,15)(H,16,17);2-4,7H,1H2,(H,10,11);1-3H3,(H2,6,7,8,9);2H2,1H3;1H4;;;/q;-1;;;;;;. The first-order valence-electron chi connectivity index (χ1n) is 12.2. The number of thiocarbonyl (C=S) groups is 1. The summed E-state index contributed by atoms with van der Waals surface area (Å²) < 4.78 is 0. The van der Waals surface area contributed by atoms with Gasteiger partial charge in [-0.25, -0.2) is 4.98 Å². The number of nitrogens with zero attached hydrogens (tertiary/aromatic N) is 4. The molecule has 0 aliphatic heterocycles. The SMILES string of the molecule is C.CN.CN=C(C)NC(=S)NC.CNc1nc(C)c(C(=O)NC(C#N)c2cccs2)s1.II.[CH2-]C(=O)NC(C#N)c1cccs1.[Y].[Y]. The van der Waals surface area contributed by atoms with E-state index in [1.807, 2.05) is 42.0 Å². The van der Waals surface area contributed by atoms with Crippen molar-refractivity contribution in [2.75, 3.05) is 33.5 Å². The third-order valence-corrected chi connectivity index (χ3v) is 7.92. The van der Waals surface area contributed by atoms with Gasteiger partial charge in [0.15, 0.2) is 16.3 Å². The average molecular weight is 1100 g/mol. The Morgan fingerprint density at radius 3 is 1.83 bits per heavy atom. The molecule has 254 valence electrons. The second-order valence-corrected chi connectivity index (χ2v) is 10.8. The maximum Gasteiger partial charge on any atom is 0.264 e. The van der Waals surface area contributed by atoms with Crippen LogP contribution in [0.3, 0.4) is 0 Å². The monoisotopic (exact) mass is 1090 g/mol. The van der Waals surface area contributed by atoms with Gasteiger partial charge in [-0.05, 0) is 56.0 Å². The Kier molecular flexibility index (Phi) is 42.2. The summed E-state index contributed by atoms with van der Waals surface area (Å²) in [6, 6.07) is 10.2. The number of aromatic nitrogens is 1. The zero-order valence-electron chi connectivity index (χ0n) is 26.1. The number of hydrogen-bond donors (Lipinski definition) is 6. The number of thiophene rings is 2. The topological polar surface area (TPSA) is 193 Å². The van der Waals surface area contributed by atoms with Gasteiger partial charge in [0.25, 0.3) is 5.91 Å². The molecule has 3 aromatic heterocycles. The molecule has 7 N–H and O–H groups in total. The van der Waals surface area contributed by atoms with Crippen LogP contribution in [0.5, 0.6) is 0 Å². The molecule has 3 rings (SSSR count). The number of aliphatic imine (C=N–C) groups is 1. The van der Waals surface area contributed by atoms with E-state index in [2.05, 4.69) is 92.5 Å². The number of nitriles is 2. The van der Waals surface area contributed by atoms with Crippen molar-refractivity contribution in [2.24, 2.45) is 10.7 Å². The van der Waals surface area contributed by atoms with Crippen LogP contribution in [0.15, 0.2) is 40.0 Å². The number of nitrogens with two attached hydrogens (primary N) is 1. The van der Waals surface area contributed by atoms with Crippen LogP contribution in [0.1, 0.15) is 51.6 Å². The molecule has 2 unspecified atom stereocenters. The molecule has 2 radical (unpaired) electrons. The fourth-order valence-electron chi connectivity index (χ4n) is 2.60. The minimum absolute atomic E-state index is 0. The van der Waals surface area contributed by atoms with Gasteiger partial charge in [-0.1, -0.05) is 30.9 Å². The Hall–Kier alpha value is -0.392. The van der Waals surface area contributed by atoms with Gasteiger partial charge in [0.05, 0.1) is 29.6 Å². The number of hydrogen-bond acceptors (Lipinski definition) is 12. The van der Waals surface area contributed by atoms with Gasteiger partial charge in [0.1, 0.15) is 10.9 Å². The number of halogens is 2. The molecular weight excluding hydrogens is 1060 g/mol. The van der Waals surface area contributed by atoms with Crippen molar-refractivity contribution in [3.05, 3.63) is 62.3 Å². The van der Waals surface area contributed by atoms with E-state index in [0.29, 0.717) is 20.8 Å². The number of carbonyl (C=O) groups excluding carboxylic acids is 2. The molecule has 0 spiro atoms. The zero-order valence-corrected chi connectivity index (χ0v) is 39.3. The molecule has 0 fully saturated rings. The summed E-state index contributed by atoms with van der Waals surface area (Å²) in [7, 11) is 6.72. The number of aryl methyl sites for hydroxylation is 1. The maximum atomic E-state index is 12.1. The third kappa shape index (κ3) is 24.4. The number of thiazole rings is 1. The quantitative estimate of drug-likeness (QED) is 0.0568. The van der Waals surface area contributed by atoms with Crippen molar-refractivity contribution < 1.29 is 75.0 Å². The van der Waals surface area contributed by atoms with Gasteiger partial charge in [0.2, 0.25) is 0 Å². The maximum absolute atomic E-state index is 12.1. The number of amides is 2. The summed E-state index contributed by atoms with van der Waals surface area (Å²) in [5.41, 5.74) is 5.16. The van der Waals surface area contributed by atoms with E-state index in [4.69, 9.17) is 22.7 Å². The van der Waals surface area contributed by atoms with Crippen LogP contribution >= 0.6 is 83.5 Å². The fraction of sp³-hybridized carbons (Fsp3) is 0.333. The predicted molar refractivity (Wildman–Crippen MR) is 211 cm³/mol.